The van der Waals surface area contributed by atoms with Crippen LogP contribution in [-0.2, 0) is 0 Å². The van der Waals surface area contributed by atoms with Crippen LogP contribution >= 0.6 is 0 Å². The second kappa shape index (κ2) is 5.84. The molecule has 0 amide bonds. The van der Waals surface area contributed by atoms with Gasteiger partial charge in [0.1, 0.15) is 5.75 Å². The number of carbonyl (C=O) groups is 2. The summed E-state index contributed by atoms with van der Waals surface area (Å²) in [6.07, 6.45) is 9.42. The van der Waals surface area contributed by atoms with Crippen LogP contribution in [0, 0.1) is 5.92 Å². The molecule has 1 aromatic rings. The lowest BCUT2D eigenvalue weighted by molar-refractivity contribution is 0.0976. The number of allylic oxidation sites excluding steroid dienone is 2. The van der Waals surface area contributed by atoms with E-state index in [2.05, 4.69) is 0 Å². The van der Waals surface area contributed by atoms with Crippen LogP contribution in [0.15, 0.2) is 29.8 Å². The Bertz CT molecular complexity index is 605. The predicted octanol–water partition coefficient (Wildman–Crippen LogP) is 4.06. The zero-order valence-electron chi connectivity index (χ0n) is 12.1. The van der Waals surface area contributed by atoms with Crippen molar-refractivity contribution in [3.63, 3.8) is 0 Å². The van der Waals surface area contributed by atoms with Crippen LogP contribution in [0.5, 0.6) is 5.75 Å². The van der Waals surface area contributed by atoms with Crippen molar-refractivity contribution in [3.8, 4) is 5.75 Å². The third-order valence-electron chi connectivity index (χ3n) is 4.61. The highest BCUT2D eigenvalue weighted by atomic mass is 16.3. The molecule has 0 spiro atoms. The summed E-state index contributed by atoms with van der Waals surface area (Å²) in [6.45, 7) is 0. The molecule has 0 saturated heterocycles. The summed E-state index contributed by atoms with van der Waals surface area (Å²) in [5.41, 5.74) is 1.13. The highest BCUT2D eigenvalue weighted by molar-refractivity contribution is 6.25. The van der Waals surface area contributed by atoms with E-state index in [0.717, 1.165) is 12.8 Å². The molecule has 0 bridgehead atoms. The molecule has 0 aromatic heterocycles. The van der Waals surface area contributed by atoms with Gasteiger partial charge in [0.2, 0.25) is 0 Å². The van der Waals surface area contributed by atoms with Crippen molar-refractivity contribution in [2.24, 2.45) is 5.92 Å². The second-order valence-electron chi connectivity index (χ2n) is 6.12. The number of hydrogen-bond acceptors (Lipinski definition) is 3. The van der Waals surface area contributed by atoms with Crippen molar-refractivity contribution in [3.05, 3.63) is 41.0 Å². The molecule has 3 heteroatoms. The number of aromatic hydroxyl groups is 1. The molecule has 0 unspecified atom stereocenters. The first-order chi connectivity index (χ1) is 10.2. The van der Waals surface area contributed by atoms with Crippen LogP contribution in [0.1, 0.15) is 65.7 Å². The number of benzene rings is 1. The summed E-state index contributed by atoms with van der Waals surface area (Å²) in [5, 5.41) is 9.79. The number of Topliss-reactive ketones (excluding diaryl/α,β-unsaturated/α-hetero) is 1. The number of hydrogen-bond donors (Lipinski definition) is 1. The first-order valence-electron chi connectivity index (χ1n) is 7.78. The van der Waals surface area contributed by atoms with E-state index in [1.807, 2.05) is 0 Å². The van der Waals surface area contributed by atoms with Gasteiger partial charge in [-0.3, -0.25) is 9.59 Å². The average molecular weight is 284 g/mol. The summed E-state index contributed by atoms with van der Waals surface area (Å²) in [7, 11) is 0. The van der Waals surface area contributed by atoms with Gasteiger partial charge in [0.05, 0.1) is 5.56 Å². The molecular formula is C18H20O3. The Labute approximate surface area is 124 Å². The van der Waals surface area contributed by atoms with E-state index in [-0.39, 0.29) is 22.9 Å². The number of ketones is 2. The minimum absolute atomic E-state index is 0.0928. The van der Waals surface area contributed by atoms with Crippen molar-refractivity contribution in [1.29, 1.82) is 0 Å². The third kappa shape index (κ3) is 2.78. The maximum atomic E-state index is 12.5. The standard InChI is InChI=1S/C18H20O3/c19-15-9-5-8-14-17(15)16(20)11-13(18(14)21)10-12-6-3-1-2-4-7-12/h5,8-9,11-12,19H,1-4,6-7,10H2. The first kappa shape index (κ1) is 14.1. The molecule has 110 valence electrons. The van der Waals surface area contributed by atoms with Gasteiger partial charge in [-0.15, -0.1) is 0 Å². The molecule has 2 aliphatic rings. The number of rotatable bonds is 2. The van der Waals surface area contributed by atoms with Gasteiger partial charge < -0.3 is 5.11 Å². The minimum atomic E-state index is -0.244. The van der Waals surface area contributed by atoms with E-state index < -0.39 is 0 Å². The van der Waals surface area contributed by atoms with Gasteiger partial charge in [-0.1, -0.05) is 50.7 Å². The van der Waals surface area contributed by atoms with Crippen LogP contribution in [0.4, 0.5) is 0 Å². The fourth-order valence-electron chi connectivity index (χ4n) is 3.49. The lowest BCUT2D eigenvalue weighted by Crippen LogP contribution is -2.19. The quantitative estimate of drug-likeness (QED) is 0.833. The van der Waals surface area contributed by atoms with Gasteiger partial charge in [-0.05, 0) is 24.5 Å². The Balaban J connectivity index is 1.85. The summed E-state index contributed by atoms with van der Waals surface area (Å²) in [4.78, 5) is 24.7. The highest BCUT2D eigenvalue weighted by Crippen LogP contribution is 2.33. The van der Waals surface area contributed by atoms with Crippen molar-refractivity contribution in [2.45, 2.75) is 44.9 Å². The van der Waals surface area contributed by atoms with Gasteiger partial charge in [0, 0.05) is 11.1 Å². The molecule has 0 atom stereocenters. The molecule has 3 rings (SSSR count). The van der Waals surface area contributed by atoms with Crippen LogP contribution in [0.3, 0.4) is 0 Å². The zero-order valence-corrected chi connectivity index (χ0v) is 12.1. The fourth-order valence-corrected chi connectivity index (χ4v) is 3.49. The molecule has 2 aliphatic carbocycles. The number of fused-ring (bicyclic) bond motifs is 1. The first-order valence-corrected chi connectivity index (χ1v) is 7.78. The van der Waals surface area contributed by atoms with Gasteiger partial charge in [-0.25, -0.2) is 0 Å². The molecule has 1 fully saturated rings. The SMILES string of the molecule is O=C1C(CC2CCCCCC2)=CC(=O)c2c(O)cccc21. The van der Waals surface area contributed by atoms with Crippen LogP contribution in [-0.4, -0.2) is 16.7 Å². The van der Waals surface area contributed by atoms with E-state index in [0.29, 0.717) is 23.5 Å². The van der Waals surface area contributed by atoms with Gasteiger partial charge >= 0.3 is 0 Å². The van der Waals surface area contributed by atoms with Crippen LogP contribution in [0.25, 0.3) is 0 Å². The van der Waals surface area contributed by atoms with E-state index in [4.69, 9.17) is 0 Å². The smallest absolute Gasteiger partial charge is 0.190 e. The summed E-state index contributed by atoms with van der Waals surface area (Å²) >= 11 is 0. The zero-order chi connectivity index (χ0) is 14.8. The topological polar surface area (TPSA) is 54.4 Å². The van der Waals surface area contributed by atoms with Crippen molar-refractivity contribution in [2.75, 3.05) is 0 Å². The summed E-state index contributed by atoms with van der Waals surface area (Å²) in [5.74, 6) is 0.0704. The van der Waals surface area contributed by atoms with Crippen molar-refractivity contribution in [1.82, 2.24) is 0 Å². The number of phenolic OH excluding ortho intramolecular Hbond substituents is 1. The second-order valence-corrected chi connectivity index (χ2v) is 6.12. The Hall–Kier alpha value is -1.90. The van der Waals surface area contributed by atoms with Gasteiger partial charge in [-0.2, -0.15) is 0 Å². The maximum Gasteiger partial charge on any atom is 0.190 e. The normalized spacial score (nSPS) is 19.9. The monoisotopic (exact) mass is 284 g/mol. The van der Waals surface area contributed by atoms with Crippen LogP contribution in [0.2, 0.25) is 0 Å². The molecule has 1 saturated carbocycles. The lowest BCUT2D eigenvalue weighted by Gasteiger charge is -2.20. The van der Waals surface area contributed by atoms with Crippen molar-refractivity contribution < 1.29 is 14.7 Å². The number of carbonyl (C=O) groups excluding carboxylic acids is 2. The molecule has 0 heterocycles. The molecule has 0 aliphatic heterocycles. The predicted molar refractivity (Wildman–Crippen MR) is 80.7 cm³/mol. The molecule has 1 aromatic carbocycles. The van der Waals surface area contributed by atoms with Gasteiger partial charge in [0.15, 0.2) is 11.6 Å². The van der Waals surface area contributed by atoms with E-state index >= 15 is 0 Å². The van der Waals surface area contributed by atoms with E-state index in [9.17, 15) is 14.7 Å². The molecule has 21 heavy (non-hydrogen) atoms. The molecule has 1 N–H and O–H groups in total. The average Bonchev–Trinajstić information content (AvgIpc) is 2.73. The molecule has 0 radical (unpaired) electrons. The minimum Gasteiger partial charge on any atom is -0.507 e. The third-order valence-corrected chi connectivity index (χ3v) is 4.61. The van der Waals surface area contributed by atoms with Gasteiger partial charge in [0.25, 0.3) is 0 Å². The Morgan fingerprint density at radius 3 is 2.48 bits per heavy atom. The Morgan fingerprint density at radius 1 is 1.05 bits per heavy atom. The van der Waals surface area contributed by atoms with Crippen LogP contribution < -0.4 is 0 Å². The summed E-state index contributed by atoms with van der Waals surface area (Å²) in [6, 6.07) is 4.71. The number of phenols is 1. The fraction of sp³-hybridized carbons (Fsp3) is 0.444. The molecule has 3 nitrogen and oxygen atoms in total. The molecular weight excluding hydrogens is 264 g/mol. The van der Waals surface area contributed by atoms with E-state index in [1.165, 1.54) is 37.8 Å². The maximum absolute atomic E-state index is 12.5. The van der Waals surface area contributed by atoms with E-state index in [1.54, 1.807) is 12.1 Å². The lowest BCUT2D eigenvalue weighted by atomic mass is 9.83. The van der Waals surface area contributed by atoms with Crippen molar-refractivity contribution >= 4 is 11.6 Å². The summed E-state index contributed by atoms with van der Waals surface area (Å²) < 4.78 is 0. The Morgan fingerprint density at radius 2 is 1.76 bits per heavy atom. The Kier molecular flexibility index (Phi) is 3.91. The highest BCUT2D eigenvalue weighted by Gasteiger charge is 2.29. The largest absolute Gasteiger partial charge is 0.507 e.